The fourth-order valence-electron chi connectivity index (χ4n) is 7.81. The molecule has 4 atom stereocenters. The van der Waals surface area contributed by atoms with Gasteiger partial charge in [0.25, 0.3) is 0 Å². The van der Waals surface area contributed by atoms with Gasteiger partial charge in [-0.3, -0.25) is 9.98 Å². The Morgan fingerprint density at radius 1 is 0.513 bits per heavy atom. The summed E-state index contributed by atoms with van der Waals surface area (Å²) in [7, 11) is 0. The number of aliphatic imine (C=N–C) groups is 2. The molecule has 4 heterocycles. The van der Waals surface area contributed by atoms with Crippen molar-refractivity contribution >= 4 is 34.4 Å². The van der Waals surface area contributed by atoms with Crippen molar-refractivity contribution in [3.8, 4) is 47.4 Å². The van der Waals surface area contributed by atoms with E-state index < -0.39 is 23.4 Å². The van der Waals surface area contributed by atoms with E-state index >= 15 is 0 Å². The van der Waals surface area contributed by atoms with E-state index in [0.717, 1.165) is 67.5 Å². The Morgan fingerprint density at radius 2 is 0.895 bits per heavy atom. The van der Waals surface area contributed by atoms with Gasteiger partial charge in [0, 0.05) is 70.8 Å². The first kappa shape index (κ1) is 59.6. The van der Waals surface area contributed by atoms with Gasteiger partial charge in [0.15, 0.2) is 0 Å². The van der Waals surface area contributed by atoms with Gasteiger partial charge in [0.05, 0.1) is 24.5 Å². The van der Waals surface area contributed by atoms with E-state index in [9.17, 15) is 9.59 Å². The van der Waals surface area contributed by atoms with Crippen LogP contribution in [0.4, 0.5) is 9.59 Å². The number of carbonyl (C=O) groups is 2. The number of aromatic amines is 2. The van der Waals surface area contributed by atoms with Crippen LogP contribution in [0.15, 0.2) is 82.3 Å². The molecule has 2 aromatic carbocycles. The van der Waals surface area contributed by atoms with Gasteiger partial charge in [-0.25, -0.2) is 19.6 Å². The quantitative estimate of drug-likeness (QED) is 0.141. The van der Waals surface area contributed by atoms with Gasteiger partial charge in [-0.2, -0.15) is 0 Å². The second-order valence-electron chi connectivity index (χ2n) is 26.1. The summed E-state index contributed by atoms with van der Waals surface area (Å²) in [4.78, 5) is 49.6. The molecule has 6 rings (SSSR count). The van der Waals surface area contributed by atoms with Crippen molar-refractivity contribution in [2.24, 2.45) is 31.6 Å². The summed E-state index contributed by atoms with van der Waals surface area (Å²) in [6, 6.07) is 11.9. The van der Waals surface area contributed by atoms with Crippen molar-refractivity contribution in [3.05, 3.63) is 107 Å². The number of rotatable bonds is 6. The Bertz CT molecular complexity index is 3160. The fraction of sp³-hybridized carbons (Fsp3) is 0.500. The molecule has 2 aliphatic rings. The van der Waals surface area contributed by atoms with Gasteiger partial charge in [0.1, 0.15) is 34.2 Å². The SMILES string of the molecule is C[C@H](c1ncc(C#CC#CC2=CN=C([C@@H](NC(=O)OC(C)(C)C)C(C)(C)C)C2)[nH]1)C(C)(C)C.C[C@H](c1ncc(C#Cc2ccc3cc(C#CC4=CN=C([C@@H](NC(=O)OC(C)(C)C)C(C)(C)C)C4)ccc3c2)[nH]1)C(C)(C)C. The Labute approximate surface area is 454 Å². The first-order chi connectivity index (χ1) is 35.0. The lowest BCUT2D eigenvalue weighted by Crippen LogP contribution is -2.50. The molecule has 0 bridgehead atoms. The lowest BCUT2D eigenvalue weighted by atomic mass is 9.82. The summed E-state index contributed by atoms with van der Waals surface area (Å²) in [5, 5.41) is 8.20. The Morgan fingerprint density at radius 3 is 1.29 bits per heavy atom. The van der Waals surface area contributed by atoms with Crippen molar-refractivity contribution in [3.63, 3.8) is 0 Å². The number of hydrogen-bond acceptors (Lipinski definition) is 8. The second kappa shape index (κ2) is 23.7. The Hall–Kier alpha value is -7.28. The van der Waals surface area contributed by atoms with Crippen molar-refractivity contribution in [2.75, 3.05) is 0 Å². The lowest BCUT2D eigenvalue weighted by Gasteiger charge is -2.32. The fourth-order valence-corrected chi connectivity index (χ4v) is 7.81. The summed E-state index contributed by atoms with van der Waals surface area (Å²) < 4.78 is 10.9. The molecule has 12 nitrogen and oxygen atoms in total. The molecular weight excluding hydrogens is 945 g/mol. The van der Waals surface area contributed by atoms with Gasteiger partial charge in [-0.05, 0) is 122 Å². The zero-order chi connectivity index (χ0) is 56.6. The van der Waals surface area contributed by atoms with Crippen molar-refractivity contribution in [1.82, 2.24) is 30.6 Å². The number of fused-ring (bicyclic) bond motifs is 1. The highest BCUT2D eigenvalue weighted by Crippen LogP contribution is 2.34. The van der Waals surface area contributed by atoms with Crippen LogP contribution < -0.4 is 10.6 Å². The van der Waals surface area contributed by atoms with Gasteiger partial charge in [-0.1, -0.05) is 133 Å². The first-order valence-electron chi connectivity index (χ1n) is 26.2. The summed E-state index contributed by atoms with van der Waals surface area (Å²) in [5.74, 6) is 27.4. The maximum absolute atomic E-state index is 12.5. The average Bonchev–Trinajstić information content (AvgIpc) is 4.13. The lowest BCUT2D eigenvalue weighted by molar-refractivity contribution is 0.0480. The number of aromatic nitrogens is 4. The molecule has 0 radical (unpaired) electrons. The van der Waals surface area contributed by atoms with Gasteiger partial charge in [0.2, 0.25) is 0 Å². The zero-order valence-corrected chi connectivity index (χ0v) is 48.9. The van der Waals surface area contributed by atoms with Crippen LogP contribution in [-0.4, -0.2) is 66.8 Å². The standard InChI is InChI=1S/C37H44N4O2.C27H38N4O2/c1-24(35(2,3)4)33-39-23-30(40-33)18-15-26-14-17-28-19-25(13-16-29(28)20-26)11-12-27-21-31(38-22-27)32(36(5,6)7)41-34(42)43-37(8,9)10;1-18(25(2,3)4)23-29-17-20(30-23)14-12-11-13-19-15-21(28-16-19)22(26(5,6)7)31-24(32)33-27(8,9)10/h13-14,16-17,19-20,22-24,32H,21H2,1-10H3,(H,39,40)(H,41,42);16-18,22H,15H2,1-10H3,(H,29,30)(H,31,32)/t24-,32-;18-,22-/m11/s1. The third-order valence-electron chi connectivity index (χ3n) is 12.9. The van der Waals surface area contributed by atoms with Crippen LogP contribution in [0, 0.1) is 69.0 Å². The predicted molar refractivity (Wildman–Crippen MR) is 310 cm³/mol. The number of nitrogens with one attached hydrogen (secondary N) is 4. The molecule has 0 saturated carbocycles. The number of carbonyl (C=O) groups excluding carboxylic acids is 2. The number of benzene rings is 2. The third-order valence-corrected chi connectivity index (χ3v) is 12.9. The summed E-state index contributed by atoms with van der Waals surface area (Å²) in [5.41, 5.74) is 5.63. The minimum Gasteiger partial charge on any atom is -0.444 e. The summed E-state index contributed by atoms with van der Waals surface area (Å²) >= 11 is 0. The number of hydrogen-bond donors (Lipinski definition) is 4. The molecule has 0 aliphatic carbocycles. The zero-order valence-electron chi connectivity index (χ0n) is 48.9. The van der Waals surface area contributed by atoms with E-state index in [4.69, 9.17) is 9.47 Å². The summed E-state index contributed by atoms with van der Waals surface area (Å²) in [6.07, 6.45) is 7.38. The molecule has 2 amide bonds. The molecule has 0 saturated heterocycles. The van der Waals surface area contributed by atoms with Crippen LogP contribution in [0.3, 0.4) is 0 Å². The van der Waals surface area contributed by atoms with Crippen molar-refractivity contribution in [1.29, 1.82) is 0 Å². The molecule has 402 valence electrons. The van der Waals surface area contributed by atoms with Crippen molar-refractivity contribution < 1.29 is 19.1 Å². The molecular formula is C64H82N8O4. The van der Waals surface area contributed by atoms with Crippen LogP contribution in [0.5, 0.6) is 0 Å². The monoisotopic (exact) mass is 1030 g/mol. The number of alkyl carbamates (subject to hydrolysis) is 2. The molecule has 4 aromatic rings. The maximum Gasteiger partial charge on any atom is 0.408 e. The minimum absolute atomic E-state index is 0.123. The topological polar surface area (TPSA) is 159 Å². The molecule has 2 aromatic heterocycles. The van der Waals surface area contributed by atoms with E-state index in [2.05, 4.69) is 209 Å². The molecule has 12 heteroatoms. The van der Waals surface area contributed by atoms with E-state index in [1.54, 1.807) is 18.6 Å². The van der Waals surface area contributed by atoms with Crippen LogP contribution in [0.25, 0.3) is 10.8 Å². The molecule has 2 aliphatic heterocycles. The predicted octanol–water partition coefficient (Wildman–Crippen LogP) is 13.7. The molecule has 0 spiro atoms. The van der Waals surface area contributed by atoms with Crippen LogP contribution >= 0.6 is 0 Å². The highest BCUT2D eigenvalue weighted by atomic mass is 16.6. The van der Waals surface area contributed by atoms with Crippen LogP contribution in [0.2, 0.25) is 0 Å². The molecule has 0 unspecified atom stereocenters. The molecule has 0 fully saturated rings. The van der Waals surface area contributed by atoms with Gasteiger partial charge in [-0.15, -0.1) is 0 Å². The number of nitrogens with zero attached hydrogens (tertiary/aromatic N) is 4. The highest BCUT2D eigenvalue weighted by Gasteiger charge is 2.35. The average molecular weight is 1030 g/mol. The number of H-pyrrole nitrogens is 2. The minimum atomic E-state index is -0.566. The maximum atomic E-state index is 12.5. The van der Waals surface area contributed by atoms with Gasteiger partial charge < -0.3 is 30.1 Å². The molecule has 76 heavy (non-hydrogen) atoms. The largest absolute Gasteiger partial charge is 0.444 e. The molecule has 4 N–H and O–H groups in total. The number of imidazole rings is 2. The van der Waals surface area contributed by atoms with Crippen LogP contribution in [0.1, 0.15) is 197 Å². The third kappa shape index (κ3) is 18.2. The smallest absolute Gasteiger partial charge is 0.408 e. The van der Waals surface area contributed by atoms with E-state index in [1.165, 1.54) is 0 Å². The number of ether oxygens (including phenoxy) is 2. The Kier molecular flexibility index (Phi) is 18.6. The van der Waals surface area contributed by atoms with E-state index in [-0.39, 0.29) is 33.7 Å². The van der Waals surface area contributed by atoms with E-state index in [1.807, 2.05) is 59.9 Å². The highest BCUT2D eigenvalue weighted by molar-refractivity contribution is 5.98. The second-order valence-corrected chi connectivity index (χ2v) is 26.1. The first-order valence-corrected chi connectivity index (χ1v) is 26.2. The number of amides is 2. The summed E-state index contributed by atoms with van der Waals surface area (Å²) in [6.45, 7) is 41.1. The van der Waals surface area contributed by atoms with Gasteiger partial charge >= 0.3 is 12.2 Å². The van der Waals surface area contributed by atoms with Crippen LogP contribution in [-0.2, 0) is 9.47 Å². The van der Waals surface area contributed by atoms with Crippen molar-refractivity contribution in [2.45, 2.75) is 186 Å². The normalized spacial score (nSPS) is 15.3. The van der Waals surface area contributed by atoms with E-state index in [0.29, 0.717) is 24.7 Å². The Balaban J connectivity index is 0.000000291. The number of allylic oxidation sites excluding steroid dienone is 2.